The van der Waals surface area contributed by atoms with Gasteiger partial charge in [-0.3, -0.25) is 9.36 Å². The first-order chi connectivity index (χ1) is 24.5. The molecule has 3 atom stereocenters. The minimum Gasteiger partial charge on any atom is -0.756 e. The summed E-state index contributed by atoms with van der Waals surface area (Å²) < 4.78 is 23.0. The van der Waals surface area contributed by atoms with Crippen LogP contribution in [0.2, 0.25) is 0 Å². The molecule has 2 N–H and O–H groups in total. The number of phosphoric acid groups is 1. The largest absolute Gasteiger partial charge is 0.756 e. The van der Waals surface area contributed by atoms with Gasteiger partial charge in [0.05, 0.1) is 39.9 Å². The zero-order valence-electron chi connectivity index (χ0n) is 32.8. The number of nitrogens with zero attached hydrogens (tertiary/aromatic N) is 1. The molecule has 0 aromatic carbocycles. The SMILES string of the molecule is CC/C=C\C/C=C\C/C=C\C/C=C\CCCCCCCCC(=O)NC(COP(=O)([O-])OCC[N+](C)(C)C)C(O)/C=C/CC/C=C/CC/C=C/CC. The van der Waals surface area contributed by atoms with Crippen molar-refractivity contribution in [3.63, 3.8) is 0 Å². The van der Waals surface area contributed by atoms with E-state index in [0.29, 0.717) is 17.4 Å². The van der Waals surface area contributed by atoms with Crippen LogP contribution in [0.5, 0.6) is 0 Å². The molecular formula is C42H73N2O6P. The number of carbonyl (C=O) groups excluding carboxylic acids is 1. The molecule has 0 aliphatic rings. The number of phosphoric ester groups is 1. The molecule has 9 heteroatoms. The van der Waals surface area contributed by atoms with Crippen molar-refractivity contribution >= 4 is 13.7 Å². The Morgan fingerprint density at radius 3 is 1.75 bits per heavy atom. The molecule has 0 rings (SSSR count). The molecule has 8 nitrogen and oxygen atoms in total. The first kappa shape index (κ1) is 48.7. The summed E-state index contributed by atoms with van der Waals surface area (Å²) in [5.41, 5.74) is 0. The molecule has 0 aliphatic heterocycles. The summed E-state index contributed by atoms with van der Waals surface area (Å²) in [4.78, 5) is 25.2. The van der Waals surface area contributed by atoms with E-state index in [2.05, 4.69) is 92.1 Å². The van der Waals surface area contributed by atoms with Crippen LogP contribution in [-0.2, 0) is 18.4 Å². The predicted octanol–water partition coefficient (Wildman–Crippen LogP) is 9.60. The Morgan fingerprint density at radius 1 is 0.686 bits per heavy atom. The van der Waals surface area contributed by atoms with Gasteiger partial charge >= 0.3 is 0 Å². The van der Waals surface area contributed by atoms with E-state index in [-0.39, 0.29) is 12.5 Å². The summed E-state index contributed by atoms with van der Waals surface area (Å²) >= 11 is 0. The third kappa shape index (κ3) is 35.9. The molecule has 0 bridgehead atoms. The Balaban J connectivity index is 4.52. The lowest BCUT2D eigenvalue weighted by Crippen LogP contribution is -2.45. The van der Waals surface area contributed by atoms with Crippen molar-refractivity contribution in [2.24, 2.45) is 0 Å². The van der Waals surface area contributed by atoms with Crippen molar-refractivity contribution < 1.29 is 32.9 Å². The first-order valence-electron chi connectivity index (χ1n) is 19.4. The highest BCUT2D eigenvalue weighted by molar-refractivity contribution is 7.45. The van der Waals surface area contributed by atoms with Gasteiger partial charge in [0.1, 0.15) is 13.2 Å². The van der Waals surface area contributed by atoms with Gasteiger partial charge in [0.15, 0.2) is 0 Å². The zero-order valence-corrected chi connectivity index (χ0v) is 33.7. The maximum atomic E-state index is 12.8. The van der Waals surface area contributed by atoms with Crippen molar-refractivity contribution in [3.05, 3.63) is 85.1 Å². The van der Waals surface area contributed by atoms with Gasteiger partial charge in [0.2, 0.25) is 5.91 Å². The van der Waals surface area contributed by atoms with Crippen LogP contribution >= 0.6 is 7.82 Å². The number of rotatable bonds is 33. The van der Waals surface area contributed by atoms with Crippen molar-refractivity contribution in [1.29, 1.82) is 0 Å². The molecule has 0 fully saturated rings. The Bertz CT molecular complexity index is 1100. The maximum absolute atomic E-state index is 12.8. The summed E-state index contributed by atoms with van der Waals surface area (Å²) in [6.45, 7) is 4.32. The van der Waals surface area contributed by atoms with E-state index < -0.39 is 26.6 Å². The van der Waals surface area contributed by atoms with Crippen molar-refractivity contribution in [3.8, 4) is 0 Å². The lowest BCUT2D eigenvalue weighted by atomic mass is 10.1. The van der Waals surface area contributed by atoms with Gasteiger partial charge in [0.25, 0.3) is 7.82 Å². The average Bonchev–Trinajstić information content (AvgIpc) is 3.07. The Morgan fingerprint density at radius 2 is 1.16 bits per heavy atom. The van der Waals surface area contributed by atoms with Gasteiger partial charge in [0, 0.05) is 6.42 Å². The quantitative estimate of drug-likeness (QED) is 0.0301. The van der Waals surface area contributed by atoms with Gasteiger partial charge < -0.3 is 28.8 Å². The smallest absolute Gasteiger partial charge is 0.268 e. The second-order valence-corrected chi connectivity index (χ2v) is 15.3. The second kappa shape index (κ2) is 33.5. The standard InChI is InChI=1S/C42H73N2O6P/c1-6-8-10-12-14-16-18-19-20-21-22-23-24-25-26-28-30-32-34-36-42(46)43-40(39-50-51(47,48)49-38-37-44(3,4)5)41(45)35-33-31-29-27-17-15-13-11-9-7-2/h8-11,14,16-17,19-20,22-23,27,33,35,40-41,45H,6-7,12-13,15,18,21,24-26,28-32,34,36-39H2,1-5H3,(H-,43,46,47,48)/b10-8-,11-9+,16-14-,20-19-,23-22-,27-17+,35-33+. The van der Waals surface area contributed by atoms with Gasteiger partial charge in [-0.2, -0.15) is 0 Å². The van der Waals surface area contributed by atoms with Crippen LogP contribution in [-0.4, -0.2) is 68.5 Å². The number of likely N-dealkylation sites (N-methyl/N-ethyl adjacent to an activating group) is 1. The van der Waals surface area contributed by atoms with Crippen molar-refractivity contribution in [1.82, 2.24) is 5.32 Å². The van der Waals surface area contributed by atoms with E-state index >= 15 is 0 Å². The fourth-order valence-corrected chi connectivity index (χ4v) is 5.49. The molecule has 0 saturated heterocycles. The second-order valence-electron chi connectivity index (χ2n) is 13.8. The van der Waals surface area contributed by atoms with E-state index in [1.807, 2.05) is 27.2 Å². The molecule has 0 aliphatic carbocycles. The molecule has 0 heterocycles. The van der Waals surface area contributed by atoms with Crippen LogP contribution in [0, 0.1) is 0 Å². The number of allylic oxidation sites excluding steroid dienone is 13. The molecular weight excluding hydrogens is 659 g/mol. The van der Waals surface area contributed by atoms with E-state index in [4.69, 9.17) is 9.05 Å². The van der Waals surface area contributed by atoms with Crippen LogP contribution < -0.4 is 10.2 Å². The lowest BCUT2D eigenvalue weighted by Gasteiger charge is -2.29. The molecule has 0 radical (unpaired) electrons. The number of quaternary nitrogens is 1. The van der Waals surface area contributed by atoms with Crippen LogP contribution in [0.3, 0.4) is 0 Å². The summed E-state index contributed by atoms with van der Waals surface area (Å²) in [5.74, 6) is -0.234. The van der Waals surface area contributed by atoms with Crippen molar-refractivity contribution in [2.45, 2.75) is 135 Å². The van der Waals surface area contributed by atoms with E-state index in [1.165, 1.54) is 6.42 Å². The van der Waals surface area contributed by atoms with Crippen molar-refractivity contribution in [2.75, 3.05) is 40.9 Å². The monoisotopic (exact) mass is 733 g/mol. The van der Waals surface area contributed by atoms with Crippen LogP contribution in [0.25, 0.3) is 0 Å². The molecule has 0 saturated carbocycles. The lowest BCUT2D eigenvalue weighted by molar-refractivity contribution is -0.870. The highest BCUT2D eigenvalue weighted by Gasteiger charge is 2.23. The molecule has 0 aromatic heterocycles. The maximum Gasteiger partial charge on any atom is 0.268 e. The van der Waals surface area contributed by atoms with Gasteiger partial charge in [-0.15, -0.1) is 0 Å². The highest BCUT2D eigenvalue weighted by atomic mass is 31.2. The number of aliphatic hydroxyl groups excluding tert-OH is 1. The number of unbranched alkanes of at least 4 members (excludes halogenated alkanes) is 8. The fourth-order valence-electron chi connectivity index (χ4n) is 4.77. The van der Waals surface area contributed by atoms with Crippen LogP contribution in [0.1, 0.15) is 123 Å². The van der Waals surface area contributed by atoms with Crippen LogP contribution in [0.15, 0.2) is 85.1 Å². The summed E-state index contributed by atoms with van der Waals surface area (Å²) in [7, 11) is 1.20. The van der Waals surface area contributed by atoms with Crippen LogP contribution in [0.4, 0.5) is 0 Å². The van der Waals surface area contributed by atoms with Gasteiger partial charge in [-0.05, 0) is 77.0 Å². The Kier molecular flexibility index (Phi) is 32.0. The first-order valence-corrected chi connectivity index (χ1v) is 20.9. The molecule has 3 unspecified atom stereocenters. The average molecular weight is 733 g/mol. The number of carbonyl (C=O) groups is 1. The fraction of sp³-hybridized carbons (Fsp3) is 0.643. The normalized spacial score (nSPS) is 15.5. The number of amides is 1. The van der Waals surface area contributed by atoms with Gasteiger partial charge in [-0.25, -0.2) is 0 Å². The Labute approximate surface area is 312 Å². The third-order valence-corrected chi connectivity index (χ3v) is 8.79. The molecule has 1 amide bonds. The molecule has 0 aromatic rings. The zero-order chi connectivity index (χ0) is 37.9. The third-order valence-electron chi connectivity index (χ3n) is 7.83. The van der Waals surface area contributed by atoms with E-state index in [9.17, 15) is 19.4 Å². The minimum atomic E-state index is -4.60. The molecule has 51 heavy (non-hydrogen) atoms. The summed E-state index contributed by atoms with van der Waals surface area (Å²) in [5, 5.41) is 13.6. The summed E-state index contributed by atoms with van der Waals surface area (Å²) in [6.07, 6.45) is 45.0. The topological polar surface area (TPSA) is 108 Å². The van der Waals surface area contributed by atoms with Gasteiger partial charge in [-0.1, -0.05) is 125 Å². The van der Waals surface area contributed by atoms with E-state index in [1.54, 1.807) is 6.08 Å². The van der Waals surface area contributed by atoms with E-state index in [0.717, 1.165) is 96.3 Å². The summed E-state index contributed by atoms with van der Waals surface area (Å²) in [6, 6.07) is -0.919. The Hall–Kier alpha value is -2.32. The minimum absolute atomic E-state index is 0.0173. The predicted molar refractivity (Wildman–Crippen MR) is 214 cm³/mol. The number of hydrogen-bond acceptors (Lipinski definition) is 6. The number of aliphatic hydroxyl groups is 1. The number of nitrogens with one attached hydrogen (secondary N) is 1. The molecule has 0 spiro atoms. The number of hydrogen-bond donors (Lipinski definition) is 2. The molecule has 292 valence electrons. The highest BCUT2D eigenvalue weighted by Crippen LogP contribution is 2.38.